The van der Waals surface area contributed by atoms with E-state index < -0.39 is 10.0 Å². The first-order valence-corrected chi connectivity index (χ1v) is 13.2. The van der Waals surface area contributed by atoms with Crippen LogP contribution in [0, 0.1) is 5.92 Å². The van der Waals surface area contributed by atoms with Gasteiger partial charge in [0.05, 0.1) is 12.5 Å². The van der Waals surface area contributed by atoms with Crippen LogP contribution >= 0.6 is 0 Å². The van der Waals surface area contributed by atoms with Crippen LogP contribution in [0.1, 0.15) is 49.2 Å². The highest BCUT2D eigenvalue weighted by Crippen LogP contribution is 2.22. The average Bonchev–Trinajstić information content (AvgIpc) is 3.30. The van der Waals surface area contributed by atoms with E-state index in [2.05, 4.69) is 36.2 Å². The molecule has 1 atom stereocenters. The summed E-state index contributed by atoms with van der Waals surface area (Å²) in [6.45, 7) is 7.75. The van der Waals surface area contributed by atoms with Crippen molar-refractivity contribution in [2.45, 2.75) is 45.6 Å². The summed E-state index contributed by atoms with van der Waals surface area (Å²) < 4.78 is 30.2. The molecule has 1 unspecified atom stereocenters. The molecule has 1 amide bonds. The lowest BCUT2D eigenvalue weighted by Crippen LogP contribution is -2.44. The fraction of sp³-hybridized carbons (Fsp3) is 0.542. The van der Waals surface area contributed by atoms with Crippen LogP contribution in [-0.4, -0.2) is 62.0 Å². The Balaban J connectivity index is 1.53. The molecule has 7 nitrogen and oxygen atoms in total. The molecule has 1 saturated heterocycles. The highest BCUT2D eigenvalue weighted by molar-refractivity contribution is 7.88. The fourth-order valence-corrected chi connectivity index (χ4v) is 5.20. The van der Waals surface area contributed by atoms with Gasteiger partial charge in [-0.05, 0) is 74.9 Å². The summed E-state index contributed by atoms with van der Waals surface area (Å²) >= 11 is 0. The molecule has 8 heteroatoms. The van der Waals surface area contributed by atoms with Gasteiger partial charge in [-0.2, -0.15) is 0 Å². The zero-order valence-corrected chi connectivity index (χ0v) is 20.1. The van der Waals surface area contributed by atoms with Gasteiger partial charge in [-0.3, -0.25) is 4.79 Å². The normalized spacial score (nSPS) is 16.9. The number of benzene rings is 1. The molecule has 0 bridgehead atoms. The van der Waals surface area contributed by atoms with Crippen LogP contribution in [0.4, 0.5) is 5.69 Å². The Bertz CT molecular complexity index is 950. The van der Waals surface area contributed by atoms with Crippen LogP contribution in [0.15, 0.2) is 47.1 Å². The summed E-state index contributed by atoms with van der Waals surface area (Å²) in [5.74, 6) is 0.564. The summed E-state index contributed by atoms with van der Waals surface area (Å²) in [6.07, 6.45) is 6.63. The standard InChI is InChI=1S/C24H35N3O4S/c1-4-13-26(18-21-11-14-27(15-12-21)32(3,29)30)19(2)17-20-7-9-22(10-8-20)25-24(28)23-6-5-16-31-23/h5-10,16,19,21H,4,11-15,17-18H2,1-3H3,(H,25,28). The number of carbonyl (C=O) groups excluding carboxylic acids is 1. The molecule has 3 rings (SSSR count). The first-order chi connectivity index (χ1) is 15.3. The molecule has 1 fully saturated rings. The average molecular weight is 462 g/mol. The van der Waals surface area contributed by atoms with Crippen LogP contribution in [0.25, 0.3) is 0 Å². The van der Waals surface area contributed by atoms with Gasteiger partial charge in [-0.25, -0.2) is 12.7 Å². The van der Waals surface area contributed by atoms with Crippen LogP contribution in [0.2, 0.25) is 0 Å². The molecule has 1 aliphatic heterocycles. The molecule has 0 spiro atoms. The Kier molecular flexibility index (Phi) is 8.51. The third-order valence-electron chi connectivity index (χ3n) is 6.16. The van der Waals surface area contributed by atoms with Crippen molar-refractivity contribution in [2.24, 2.45) is 5.92 Å². The van der Waals surface area contributed by atoms with Gasteiger partial charge in [0.15, 0.2) is 5.76 Å². The van der Waals surface area contributed by atoms with Crippen molar-refractivity contribution in [3.8, 4) is 0 Å². The SMILES string of the molecule is CCCN(CC1CCN(S(C)(=O)=O)CC1)C(C)Cc1ccc(NC(=O)c2ccco2)cc1. The summed E-state index contributed by atoms with van der Waals surface area (Å²) in [4.78, 5) is 14.7. The molecule has 1 aromatic heterocycles. The third-order valence-corrected chi connectivity index (χ3v) is 7.46. The van der Waals surface area contributed by atoms with Crippen molar-refractivity contribution in [3.05, 3.63) is 54.0 Å². The lowest BCUT2D eigenvalue weighted by Gasteiger charge is -2.36. The van der Waals surface area contributed by atoms with E-state index in [1.165, 1.54) is 18.1 Å². The number of hydrogen-bond acceptors (Lipinski definition) is 5. The van der Waals surface area contributed by atoms with Gasteiger partial charge in [0, 0.05) is 31.4 Å². The van der Waals surface area contributed by atoms with E-state index in [9.17, 15) is 13.2 Å². The molecular weight excluding hydrogens is 426 g/mol. The zero-order valence-electron chi connectivity index (χ0n) is 19.3. The highest BCUT2D eigenvalue weighted by atomic mass is 32.2. The van der Waals surface area contributed by atoms with Gasteiger partial charge >= 0.3 is 0 Å². The van der Waals surface area contributed by atoms with Crippen LogP contribution < -0.4 is 5.32 Å². The van der Waals surface area contributed by atoms with E-state index in [0.29, 0.717) is 30.8 Å². The molecule has 2 aromatic rings. The molecule has 1 N–H and O–H groups in total. The maximum atomic E-state index is 12.1. The van der Waals surface area contributed by atoms with Crippen molar-refractivity contribution >= 4 is 21.6 Å². The van der Waals surface area contributed by atoms with Gasteiger partial charge in [-0.1, -0.05) is 19.1 Å². The second-order valence-electron chi connectivity index (χ2n) is 8.78. The quantitative estimate of drug-likeness (QED) is 0.581. The Morgan fingerprint density at radius 3 is 2.47 bits per heavy atom. The number of nitrogens with one attached hydrogen (secondary N) is 1. The third kappa shape index (κ3) is 6.92. The summed E-state index contributed by atoms with van der Waals surface area (Å²) in [7, 11) is -3.08. The van der Waals surface area contributed by atoms with Crippen molar-refractivity contribution < 1.29 is 17.6 Å². The summed E-state index contributed by atoms with van der Waals surface area (Å²) in [5, 5.41) is 2.85. The molecule has 1 aliphatic rings. The first kappa shape index (κ1) is 24.5. The zero-order chi connectivity index (χ0) is 23.1. The molecule has 32 heavy (non-hydrogen) atoms. The van der Waals surface area contributed by atoms with E-state index in [-0.39, 0.29) is 5.91 Å². The predicted molar refractivity (Wildman–Crippen MR) is 127 cm³/mol. The minimum absolute atomic E-state index is 0.257. The summed E-state index contributed by atoms with van der Waals surface area (Å²) in [6, 6.07) is 11.7. The van der Waals surface area contributed by atoms with Gasteiger partial charge in [0.25, 0.3) is 5.91 Å². The number of furan rings is 1. The number of piperidine rings is 1. The number of rotatable bonds is 10. The molecule has 0 saturated carbocycles. The lowest BCUT2D eigenvalue weighted by atomic mass is 9.96. The Morgan fingerprint density at radius 1 is 1.22 bits per heavy atom. The maximum absolute atomic E-state index is 12.1. The largest absolute Gasteiger partial charge is 0.459 e. The van der Waals surface area contributed by atoms with Crippen LogP contribution in [0.3, 0.4) is 0 Å². The van der Waals surface area contributed by atoms with Crippen molar-refractivity contribution in [1.29, 1.82) is 0 Å². The number of carbonyl (C=O) groups is 1. The van der Waals surface area contributed by atoms with Crippen molar-refractivity contribution in [2.75, 3.05) is 37.8 Å². The van der Waals surface area contributed by atoms with Crippen molar-refractivity contribution in [3.63, 3.8) is 0 Å². The van der Waals surface area contributed by atoms with Crippen molar-refractivity contribution in [1.82, 2.24) is 9.21 Å². The topological polar surface area (TPSA) is 82.9 Å². The lowest BCUT2D eigenvalue weighted by molar-refractivity contribution is 0.0996. The Labute approximate surface area is 191 Å². The van der Waals surface area contributed by atoms with Crippen LogP contribution in [-0.2, 0) is 16.4 Å². The molecule has 0 radical (unpaired) electrons. The molecule has 0 aliphatic carbocycles. The van der Waals surface area contributed by atoms with E-state index >= 15 is 0 Å². The smallest absolute Gasteiger partial charge is 0.291 e. The van der Waals surface area contributed by atoms with Gasteiger partial charge in [-0.15, -0.1) is 0 Å². The van der Waals surface area contributed by atoms with Crippen LogP contribution in [0.5, 0.6) is 0 Å². The minimum atomic E-state index is -3.08. The molecule has 176 valence electrons. The summed E-state index contributed by atoms with van der Waals surface area (Å²) in [5.41, 5.74) is 1.97. The highest BCUT2D eigenvalue weighted by Gasteiger charge is 2.27. The number of amides is 1. The second-order valence-corrected chi connectivity index (χ2v) is 10.8. The first-order valence-electron chi connectivity index (χ1n) is 11.4. The number of hydrogen-bond donors (Lipinski definition) is 1. The number of anilines is 1. The second kappa shape index (κ2) is 11.1. The monoisotopic (exact) mass is 461 g/mol. The van der Waals surface area contributed by atoms with Gasteiger partial charge in [0.2, 0.25) is 10.0 Å². The Morgan fingerprint density at radius 2 is 1.91 bits per heavy atom. The van der Waals surface area contributed by atoms with E-state index in [4.69, 9.17) is 4.42 Å². The Hall–Kier alpha value is -2.16. The molecule has 1 aromatic carbocycles. The predicted octanol–water partition coefficient (Wildman–Crippen LogP) is 3.85. The number of nitrogens with zero attached hydrogens (tertiary/aromatic N) is 2. The van der Waals surface area contributed by atoms with Gasteiger partial charge in [0.1, 0.15) is 0 Å². The van der Waals surface area contributed by atoms with E-state index in [0.717, 1.165) is 44.5 Å². The maximum Gasteiger partial charge on any atom is 0.291 e. The molecular formula is C24H35N3O4S. The minimum Gasteiger partial charge on any atom is -0.459 e. The van der Waals surface area contributed by atoms with E-state index in [1.54, 1.807) is 16.4 Å². The number of sulfonamides is 1. The van der Waals surface area contributed by atoms with E-state index in [1.807, 2.05) is 12.1 Å². The van der Waals surface area contributed by atoms with Gasteiger partial charge < -0.3 is 14.6 Å². The molecule has 2 heterocycles. The fourth-order valence-electron chi connectivity index (χ4n) is 4.33.